The molecule has 9 heteroatoms. The van der Waals surface area contributed by atoms with Crippen LogP contribution in [0.25, 0.3) is 0 Å². The fourth-order valence-corrected chi connectivity index (χ4v) is 6.74. The average molecular weight is 740 g/mol. The van der Waals surface area contributed by atoms with E-state index in [4.69, 9.17) is 9.47 Å². The van der Waals surface area contributed by atoms with Crippen molar-refractivity contribution < 1.29 is 39.8 Å². The molecule has 0 radical (unpaired) electrons. The van der Waals surface area contributed by atoms with Crippen LogP contribution in [0.2, 0.25) is 0 Å². The molecule has 0 aromatic carbocycles. The maximum absolute atomic E-state index is 12.9. The van der Waals surface area contributed by atoms with Gasteiger partial charge in [-0.1, -0.05) is 160 Å². The largest absolute Gasteiger partial charge is 0.394 e. The van der Waals surface area contributed by atoms with Crippen molar-refractivity contribution in [1.82, 2.24) is 5.32 Å². The van der Waals surface area contributed by atoms with Crippen molar-refractivity contribution in [2.24, 2.45) is 0 Å². The van der Waals surface area contributed by atoms with Gasteiger partial charge >= 0.3 is 0 Å². The van der Waals surface area contributed by atoms with Gasteiger partial charge in [-0.25, -0.2) is 0 Å². The molecule has 0 spiro atoms. The molecule has 7 atom stereocenters. The molecule has 0 aromatic rings. The van der Waals surface area contributed by atoms with Gasteiger partial charge in [0.05, 0.1) is 25.4 Å². The molecule has 0 aliphatic carbocycles. The second kappa shape index (κ2) is 34.2. The van der Waals surface area contributed by atoms with E-state index in [2.05, 4.69) is 31.3 Å². The van der Waals surface area contributed by atoms with Crippen molar-refractivity contribution in [2.45, 2.75) is 230 Å². The Morgan fingerprint density at radius 3 is 1.56 bits per heavy atom. The number of carbonyl (C=O) groups excluding carboxylic acids is 1. The third-order valence-corrected chi connectivity index (χ3v) is 10.3. The van der Waals surface area contributed by atoms with Crippen LogP contribution >= 0.6 is 0 Å². The van der Waals surface area contributed by atoms with Gasteiger partial charge in [0.15, 0.2) is 6.29 Å². The number of hydrogen-bond donors (Lipinski definition) is 6. The Morgan fingerprint density at radius 1 is 0.635 bits per heavy atom. The second-order valence-electron chi connectivity index (χ2n) is 15.1. The van der Waals surface area contributed by atoms with E-state index < -0.39 is 49.5 Å². The fourth-order valence-electron chi connectivity index (χ4n) is 6.74. The normalized spacial score (nSPS) is 22.0. The number of rotatable bonds is 35. The molecule has 1 rings (SSSR count). The van der Waals surface area contributed by atoms with Crippen LogP contribution in [0.4, 0.5) is 0 Å². The number of amides is 1. The lowest BCUT2D eigenvalue weighted by Gasteiger charge is -2.40. The van der Waals surface area contributed by atoms with E-state index >= 15 is 0 Å². The molecule has 1 fully saturated rings. The van der Waals surface area contributed by atoms with Gasteiger partial charge in [0, 0.05) is 6.42 Å². The van der Waals surface area contributed by atoms with Gasteiger partial charge in [0.25, 0.3) is 0 Å². The Balaban J connectivity index is 2.41. The van der Waals surface area contributed by atoms with Gasteiger partial charge < -0.3 is 40.3 Å². The molecule has 7 unspecified atom stereocenters. The maximum atomic E-state index is 12.9. The van der Waals surface area contributed by atoms with Crippen LogP contribution in [0.5, 0.6) is 0 Å². The molecule has 0 saturated carbocycles. The van der Waals surface area contributed by atoms with E-state index in [9.17, 15) is 30.3 Å². The summed E-state index contributed by atoms with van der Waals surface area (Å²) in [4.78, 5) is 12.9. The van der Waals surface area contributed by atoms with Gasteiger partial charge in [0.1, 0.15) is 24.4 Å². The highest BCUT2D eigenvalue weighted by Gasteiger charge is 2.44. The predicted octanol–water partition coefficient (Wildman–Crippen LogP) is 8.33. The van der Waals surface area contributed by atoms with Gasteiger partial charge in [-0.2, -0.15) is 0 Å². The summed E-state index contributed by atoms with van der Waals surface area (Å²) in [7, 11) is 0. The Hall–Kier alpha value is -1.33. The SMILES string of the molecule is CCCCCCC/C=C\CCCCCCCC(=O)NC(COC1OC(CO)C(O)C(O)C1O)C(O)/C=C/CCCCCCCCCCCCCCC. The van der Waals surface area contributed by atoms with Crippen molar-refractivity contribution >= 4 is 5.91 Å². The van der Waals surface area contributed by atoms with E-state index in [1.54, 1.807) is 6.08 Å². The third kappa shape index (κ3) is 24.9. The zero-order valence-corrected chi connectivity index (χ0v) is 33.3. The van der Waals surface area contributed by atoms with Gasteiger partial charge in [0.2, 0.25) is 5.91 Å². The van der Waals surface area contributed by atoms with Gasteiger partial charge in [-0.15, -0.1) is 0 Å². The number of aliphatic hydroxyl groups excluding tert-OH is 5. The molecule has 1 heterocycles. The van der Waals surface area contributed by atoms with Crippen LogP contribution < -0.4 is 5.32 Å². The number of allylic oxidation sites excluding steroid dienone is 3. The first-order valence-electron chi connectivity index (χ1n) is 21.6. The Bertz CT molecular complexity index is 868. The molecular formula is C43H81NO8. The Labute approximate surface area is 318 Å². The molecule has 52 heavy (non-hydrogen) atoms. The number of ether oxygens (including phenoxy) is 2. The molecule has 1 aliphatic heterocycles. The fraction of sp³-hybridized carbons (Fsp3) is 0.884. The highest BCUT2D eigenvalue weighted by Crippen LogP contribution is 2.22. The van der Waals surface area contributed by atoms with Crippen molar-refractivity contribution in [3.63, 3.8) is 0 Å². The predicted molar refractivity (Wildman–Crippen MR) is 212 cm³/mol. The summed E-state index contributed by atoms with van der Waals surface area (Å²) >= 11 is 0. The quantitative estimate of drug-likeness (QED) is 0.0281. The highest BCUT2D eigenvalue weighted by atomic mass is 16.7. The number of nitrogens with one attached hydrogen (secondary N) is 1. The molecule has 0 aromatic heterocycles. The van der Waals surface area contributed by atoms with Gasteiger partial charge in [-0.3, -0.25) is 4.79 Å². The van der Waals surface area contributed by atoms with Crippen molar-refractivity contribution in [3.8, 4) is 0 Å². The summed E-state index contributed by atoms with van der Waals surface area (Å²) < 4.78 is 11.2. The smallest absolute Gasteiger partial charge is 0.220 e. The van der Waals surface area contributed by atoms with Crippen LogP contribution in [-0.2, 0) is 14.3 Å². The Kier molecular flexibility index (Phi) is 32.0. The van der Waals surface area contributed by atoms with Crippen LogP contribution in [-0.4, -0.2) is 87.5 Å². The van der Waals surface area contributed by atoms with E-state index in [1.807, 2.05) is 6.08 Å². The monoisotopic (exact) mass is 740 g/mol. The van der Waals surface area contributed by atoms with Crippen LogP contribution in [0.15, 0.2) is 24.3 Å². The topological polar surface area (TPSA) is 149 Å². The zero-order chi connectivity index (χ0) is 38.1. The summed E-state index contributed by atoms with van der Waals surface area (Å²) in [5, 5.41) is 54.1. The molecule has 1 aliphatic rings. The van der Waals surface area contributed by atoms with Crippen LogP contribution in [0.3, 0.4) is 0 Å². The van der Waals surface area contributed by atoms with E-state index in [1.165, 1.54) is 109 Å². The van der Waals surface area contributed by atoms with Crippen LogP contribution in [0, 0.1) is 0 Å². The second-order valence-corrected chi connectivity index (χ2v) is 15.1. The first-order valence-corrected chi connectivity index (χ1v) is 21.6. The molecular weight excluding hydrogens is 658 g/mol. The third-order valence-electron chi connectivity index (χ3n) is 10.3. The summed E-state index contributed by atoms with van der Waals surface area (Å²) in [6.07, 6.45) is 32.1. The first kappa shape index (κ1) is 48.7. The minimum Gasteiger partial charge on any atom is -0.394 e. The number of hydrogen-bond acceptors (Lipinski definition) is 8. The van der Waals surface area contributed by atoms with Crippen molar-refractivity contribution in [1.29, 1.82) is 0 Å². The molecule has 0 bridgehead atoms. The lowest BCUT2D eigenvalue weighted by Crippen LogP contribution is -2.60. The molecule has 6 N–H and O–H groups in total. The van der Waals surface area contributed by atoms with E-state index in [0.29, 0.717) is 6.42 Å². The number of aliphatic hydroxyl groups is 5. The molecule has 1 saturated heterocycles. The standard InChI is InChI=1S/C43H81NO8/c1-3-5-7-9-11-13-15-17-19-20-22-24-26-28-30-32-37(46)36(35-51-43-42(50)41(49)40(48)38(34-45)52-43)44-39(47)33-31-29-27-25-23-21-18-16-14-12-10-8-6-4-2/h16,18,30,32,36-38,40-43,45-46,48-50H,3-15,17,19-29,31,33-35H2,1-2H3,(H,44,47)/b18-16-,32-30+. The van der Waals surface area contributed by atoms with E-state index in [-0.39, 0.29) is 12.5 Å². The summed E-state index contributed by atoms with van der Waals surface area (Å²) in [5.41, 5.74) is 0. The highest BCUT2D eigenvalue weighted by molar-refractivity contribution is 5.76. The summed E-state index contributed by atoms with van der Waals surface area (Å²) in [5.74, 6) is -0.187. The van der Waals surface area contributed by atoms with Crippen molar-refractivity contribution in [2.75, 3.05) is 13.2 Å². The van der Waals surface area contributed by atoms with Gasteiger partial charge in [-0.05, 0) is 44.9 Å². The molecule has 9 nitrogen and oxygen atoms in total. The summed E-state index contributed by atoms with van der Waals surface area (Å²) in [6, 6.07) is -0.804. The minimum absolute atomic E-state index is 0.187. The summed E-state index contributed by atoms with van der Waals surface area (Å²) in [6.45, 7) is 3.75. The maximum Gasteiger partial charge on any atom is 0.220 e. The zero-order valence-electron chi connectivity index (χ0n) is 33.3. The first-order chi connectivity index (χ1) is 25.3. The molecule has 306 valence electrons. The van der Waals surface area contributed by atoms with Crippen molar-refractivity contribution in [3.05, 3.63) is 24.3 Å². The molecule has 1 amide bonds. The minimum atomic E-state index is -1.56. The van der Waals surface area contributed by atoms with Crippen LogP contribution in [0.1, 0.15) is 187 Å². The number of unbranched alkanes of at least 4 members (excludes halogenated alkanes) is 23. The lowest BCUT2D eigenvalue weighted by molar-refractivity contribution is -0.302. The van der Waals surface area contributed by atoms with E-state index in [0.717, 1.165) is 57.8 Å². The number of carbonyl (C=O) groups is 1. The average Bonchev–Trinajstić information content (AvgIpc) is 3.14. The lowest BCUT2D eigenvalue weighted by atomic mass is 9.99. The Morgan fingerprint density at radius 2 is 1.08 bits per heavy atom.